The number of nitrogens with zero attached hydrogens (tertiary/aromatic N) is 3. The van der Waals surface area contributed by atoms with E-state index in [9.17, 15) is 4.79 Å². The molecule has 0 aromatic carbocycles. The van der Waals surface area contributed by atoms with Gasteiger partial charge in [-0.2, -0.15) is 0 Å². The van der Waals surface area contributed by atoms with Crippen molar-refractivity contribution in [1.82, 2.24) is 15.0 Å². The maximum Gasteiger partial charge on any atom is 0.360 e. The lowest BCUT2D eigenvalue weighted by Gasteiger charge is -1.94. The second kappa shape index (κ2) is 3.65. The topological polar surface area (TPSA) is 107 Å². The van der Waals surface area contributed by atoms with Crippen molar-refractivity contribution < 1.29 is 9.53 Å². The van der Waals surface area contributed by atoms with E-state index in [-0.39, 0.29) is 18.1 Å². The molecular formula is C6H9N5O2. The Kier molecular flexibility index (Phi) is 2.58. The molecule has 7 heteroatoms. The minimum Gasteiger partial charge on any atom is -0.464 e. The molecule has 0 bridgehead atoms. The van der Waals surface area contributed by atoms with Crippen molar-refractivity contribution in [2.24, 2.45) is 5.73 Å². The SMILES string of the molecule is COC(=O)c1cn(CC(=N)N)nn1. The van der Waals surface area contributed by atoms with E-state index in [1.54, 1.807) is 0 Å². The maximum absolute atomic E-state index is 10.9. The van der Waals surface area contributed by atoms with Crippen molar-refractivity contribution in [2.75, 3.05) is 7.11 Å². The van der Waals surface area contributed by atoms with Crippen LogP contribution in [-0.2, 0) is 11.3 Å². The summed E-state index contributed by atoms with van der Waals surface area (Å²) < 4.78 is 5.70. The van der Waals surface area contributed by atoms with Gasteiger partial charge in [-0.25, -0.2) is 9.48 Å². The van der Waals surface area contributed by atoms with Crippen LogP contribution in [0.1, 0.15) is 10.5 Å². The van der Waals surface area contributed by atoms with Gasteiger partial charge in [-0.05, 0) is 0 Å². The first-order valence-corrected chi connectivity index (χ1v) is 3.45. The third-order valence-corrected chi connectivity index (χ3v) is 1.27. The zero-order valence-electron chi connectivity index (χ0n) is 7.02. The summed E-state index contributed by atoms with van der Waals surface area (Å²) in [6, 6.07) is 0. The number of carbonyl (C=O) groups excluding carboxylic acids is 1. The van der Waals surface area contributed by atoms with Crippen LogP contribution < -0.4 is 5.73 Å². The number of rotatable bonds is 3. The number of amidine groups is 1. The Morgan fingerprint density at radius 3 is 3.08 bits per heavy atom. The summed E-state index contributed by atoms with van der Waals surface area (Å²) in [5.74, 6) is -0.615. The maximum atomic E-state index is 10.9. The van der Waals surface area contributed by atoms with Gasteiger partial charge in [0.15, 0.2) is 5.69 Å². The van der Waals surface area contributed by atoms with Gasteiger partial charge >= 0.3 is 5.97 Å². The van der Waals surface area contributed by atoms with Crippen molar-refractivity contribution in [3.05, 3.63) is 11.9 Å². The average Bonchev–Trinajstić information content (AvgIpc) is 2.50. The standard InChI is InChI=1S/C6H9N5O2/c1-13-6(12)4-2-11(10-9-4)3-5(7)8/h2H,3H2,1H3,(H3,7,8). The van der Waals surface area contributed by atoms with E-state index in [0.717, 1.165) is 0 Å². The Labute approximate surface area is 74.0 Å². The van der Waals surface area contributed by atoms with Crippen LogP contribution >= 0.6 is 0 Å². The number of hydrogen-bond donors (Lipinski definition) is 2. The molecular weight excluding hydrogens is 174 g/mol. The number of hydrogen-bond acceptors (Lipinski definition) is 5. The number of carbonyl (C=O) groups is 1. The lowest BCUT2D eigenvalue weighted by molar-refractivity contribution is 0.0594. The molecule has 1 heterocycles. The summed E-state index contributed by atoms with van der Waals surface area (Å²) in [5.41, 5.74) is 5.22. The second-order valence-corrected chi connectivity index (χ2v) is 2.32. The Morgan fingerprint density at radius 2 is 2.54 bits per heavy atom. The molecule has 1 rings (SSSR count). The number of methoxy groups -OCH3 is 1. The lowest BCUT2D eigenvalue weighted by atomic mass is 10.5. The first-order chi connectivity index (χ1) is 6.13. The molecule has 0 aliphatic carbocycles. The zero-order chi connectivity index (χ0) is 9.84. The van der Waals surface area contributed by atoms with Crippen molar-refractivity contribution in [2.45, 2.75) is 6.54 Å². The van der Waals surface area contributed by atoms with Crippen molar-refractivity contribution in [1.29, 1.82) is 5.41 Å². The Morgan fingerprint density at radius 1 is 1.85 bits per heavy atom. The highest BCUT2D eigenvalue weighted by Crippen LogP contribution is 1.94. The van der Waals surface area contributed by atoms with Crippen LogP contribution in [0.4, 0.5) is 0 Å². The molecule has 13 heavy (non-hydrogen) atoms. The Balaban J connectivity index is 2.74. The van der Waals surface area contributed by atoms with Gasteiger partial charge in [0, 0.05) is 0 Å². The molecule has 0 saturated carbocycles. The molecule has 1 aromatic rings. The van der Waals surface area contributed by atoms with Gasteiger partial charge in [0.1, 0.15) is 5.84 Å². The van der Waals surface area contributed by atoms with Crippen LogP contribution in [0.25, 0.3) is 0 Å². The lowest BCUT2D eigenvalue weighted by Crippen LogP contribution is -2.18. The average molecular weight is 183 g/mol. The van der Waals surface area contributed by atoms with E-state index in [4.69, 9.17) is 11.1 Å². The number of nitrogens with one attached hydrogen (secondary N) is 1. The van der Waals surface area contributed by atoms with E-state index in [1.807, 2.05) is 0 Å². The molecule has 0 spiro atoms. The van der Waals surface area contributed by atoms with Gasteiger partial charge < -0.3 is 10.5 Å². The van der Waals surface area contributed by atoms with Crippen LogP contribution in [0, 0.1) is 5.41 Å². The van der Waals surface area contributed by atoms with Gasteiger partial charge in [-0.15, -0.1) is 5.10 Å². The number of nitrogens with two attached hydrogens (primary N) is 1. The molecule has 3 N–H and O–H groups in total. The molecule has 0 saturated heterocycles. The van der Waals surface area contributed by atoms with Gasteiger partial charge in [0.25, 0.3) is 0 Å². The Bertz CT molecular complexity index is 332. The summed E-state index contributed by atoms with van der Waals surface area (Å²) in [5, 5.41) is 14.1. The number of esters is 1. The first-order valence-electron chi connectivity index (χ1n) is 3.45. The fourth-order valence-electron chi connectivity index (χ4n) is 0.748. The summed E-state index contributed by atoms with van der Waals surface area (Å²) >= 11 is 0. The van der Waals surface area contributed by atoms with Crippen molar-refractivity contribution >= 4 is 11.8 Å². The minimum atomic E-state index is -0.560. The van der Waals surface area contributed by atoms with Gasteiger partial charge in [0.2, 0.25) is 0 Å². The van der Waals surface area contributed by atoms with Crippen LogP contribution in [0.15, 0.2) is 6.20 Å². The predicted octanol–water partition coefficient (Wildman–Crippen LogP) is -0.999. The second-order valence-electron chi connectivity index (χ2n) is 2.32. The molecule has 0 unspecified atom stereocenters. The third-order valence-electron chi connectivity index (χ3n) is 1.27. The Hall–Kier alpha value is -1.92. The van der Waals surface area contributed by atoms with Crippen LogP contribution in [0.5, 0.6) is 0 Å². The molecule has 0 atom stereocenters. The highest BCUT2D eigenvalue weighted by Gasteiger charge is 2.10. The fourth-order valence-corrected chi connectivity index (χ4v) is 0.748. The van der Waals surface area contributed by atoms with Gasteiger partial charge in [-0.1, -0.05) is 5.21 Å². The number of ether oxygens (including phenoxy) is 1. The van der Waals surface area contributed by atoms with Crippen LogP contribution in [-0.4, -0.2) is 33.9 Å². The minimum absolute atomic E-state index is 0.0543. The zero-order valence-corrected chi connectivity index (χ0v) is 7.02. The summed E-state index contributed by atoms with van der Waals surface area (Å²) in [6.07, 6.45) is 1.37. The van der Waals surface area contributed by atoms with Crippen LogP contribution in [0.3, 0.4) is 0 Å². The normalized spacial score (nSPS) is 9.62. The molecule has 0 aliphatic heterocycles. The van der Waals surface area contributed by atoms with E-state index in [2.05, 4.69) is 15.0 Å². The number of aromatic nitrogens is 3. The van der Waals surface area contributed by atoms with E-state index < -0.39 is 5.97 Å². The summed E-state index contributed by atoms with van der Waals surface area (Å²) in [4.78, 5) is 10.9. The molecule has 0 radical (unpaired) electrons. The third kappa shape index (κ3) is 2.26. The smallest absolute Gasteiger partial charge is 0.360 e. The summed E-state index contributed by atoms with van der Waals surface area (Å²) in [6.45, 7) is 0.115. The highest BCUT2D eigenvalue weighted by molar-refractivity contribution is 5.86. The molecule has 0 fully saturated rings. The van der Waals surface area contributed by atoms with Crippen LogP contribution in [0.2, 0.25) is 0 Å². The van der Waals surface area contributed by atoms with Gasteiger partial charge in [0.05, 0.1) is 19.9 Å². The summed E-state index contributed by atoms with van der Waals surface area (Å²) in [7, 11) is 1.26. The monoisotopic (exact) mass is 183 g/mol. The molecule has 70 valence electrons. The molecule has 1 aromatic heterocycles. The molecule has 7 nitrogen and oxygen atoms in total. The highest BCUT2D eigenvalue weighted by atomic mass is 16.5. The van der Waals surface area contributed by atoms with E-state index >= 15 is 0 Å². The fraction of sp³-hybridized carbons (Fsp3) is 0.333. The van der Waals surface area contributed by atoms with E-state index in [1.165, 1.54) is 18.0 Å². The van der Waals surface area contributed by atoms with Gasteiger partial charge in [-0.3, -0.25) is 5.41 Å². The van der Waals surface area contributed by atoms with Crippen molar-refractivity contribution in [3.8, 4) is 0 Å². The first kappa shape index (κ1) is 9.17. The molecule has 0 amide bonds. The predicted molar refractivity (Wildman–Crippen MR) is 43.3 cm³/mol. The largest absolute Gasteiger partial charge is 0.464 e. The van der Waals surface area contributed by atoms with Crippen molar-refractivity contribution in [3.63, 3.8) is 0 Å². The molecule has 0 aliphatic rings. The quantitative estimate of drug-likeness (QED) is 0.355. The van der Waals surface area contributed by atoms with E-state index in [0.29, 0.717) is 0 Å².